The summed E-state index contributed by atoms with van der Waals surface area (Å²) < 4.78 is 40.9. The highest BCUT2D eigenvalue weighted by Gasteiger charge is 2.22. The van der Waals surface area contributed by atoms with Gasteiger partial charge in [-0.05, 0) is 52.1 Å². The lowest BCUT2D eigenvalue weighted by atomic mass is 9.97. The Bertz CT molecular complexity index is 730. The first-order valence-electron chi connectivity index (χ1n) is 10.6. The lowest BCUT2D eigenvalue weighted by Gasteiger charge is -2.35. The SMILES string of the molecule is CCNC(=NCc1cc2c(cc1OC(F)F)OCO2)NCC1CCCN(C(C)C)C1. The minimum atomic E-state index is -2.92. The summed E-state index contributed by atoms with van der Waals surface area (Å²) in [5.74, 6) is 2.16. The zero-order chi connectivity index (χ0) is 21.5. The largest absolute Gasteiger partial charge is 0.454 e. The van der Waals surface area contributed by atoms with E-state index in [2.05, 4.69) is 39.1 Å². The quantitative estimate of drug-likeness (QED) is 0.492. The third-order valence-electron chi connectivity index (χ3n) is 5.36. The van der Waals surface area contributed by atoms with Crippen molar-refractivity contribution in [3.8, 4) is 17.2 Å². The van der Waals surface area contributed by atoms with E-state index in [-0.39, 0.29) is 19.1 Å². The highest BCUT2D eigenvalue weighted by Crippen LogP contribution is 2.39. The topological polar surface area (TPSA) is 67.4 Å². The van der Waals surface area contributed by atoms with E-state index in [4.69, 9.17) is 9.47 Å². The number of alkyl halides is 2. The van der Waals surface area contributed by atoms with Gasteiger partial charge in [-0.3, -0.25) is 0 Å². The van der Waals surface area contributed by atoms with Gasteiger partial charge < -0.3 is 29.7 Å². The maximum Gasteiger partial charge on any atom is 0.387 e. The predicted molar refractivity (Wildman–Crippen MR) is 111 cm³/mol. The van der Waals surface area contributed by atoms with Crippen LogP contribution in [0.4, 0.5) is 8.78 Å². The molecule has 2 N–H and O–H groups in total. The van der Waals surface area contributed by atoms with Gasteiger partial charge in [0.2, 0.25) is 6.79 Å². The zero-order valence-electron chi connectivity index (χ0n) is 17.9. The molecule has 1 aromatic carbocycles. The first-order chi connectivity index (χ1) is 14.5. The van der Waals surface area contributed by atoms with E-state index in [9.17, 15) is 8.78 Å². The number of piperidine rings is 1. The van der Waals surface area contributed by atoms with Gasteiger partial charge in [-0.15, -0.1) is 0 Å². The first-order valence-corrected chi connectivity index (χ1v) is 10.6. The Labute approximate surface area is 176 Å². The molecule has 2 heterocycles. The summed E-state index contributed by atoms with van der Waals surface area (Å²) in [5.41, 5.74) is 0.514. The molecular formula is C21H32F2N4O3. The number of nitrogens with one attached hydrogen (secondary N) is 2. The smallest absolute Gasteiger partial charge is 0.387 e. The number of guanidine groups is 1. The lowest BCUT2D eigenvalue weighted by molar-refractivity contribution is -0.0505. The van der Waals surface area contributed by atoms with Crippen molar-refractivity contribution in [2.45, 2.75) is 52.8 Å². The molecule has 0 amide bonds. The molecule has 1 saturated heterocycles. The summed E-state index contributed by atoms with van der Waals surface area (Å²) in [6.45, 7) is 7.51. The molecule has 0 saturated carbocycles. The summed E-state index contributed by atoms with van der Waals surface area (Å²) in [6.07, 6.45) is 2.38. The van der Waals surface area contributed by atoms with E-state index in [0.717, 1.165) is 19.6 Å². The molecule has 7 nitrogen and oxygen atoms in total. The van der Waals surface area contributed by atoms with Crippen molar-refractivity contribution in [1.29, 1.82) is 0 Å². The Kier molecular flexibility index (Phi) is 7.95. The predicted octanol–water partition coefficient (Wildman–Crippen LogP) is 3.19. The third kappa shape index (κ3) is 6.10. The van der Waals surface area contributed by atoms with Crippen molar-refractivity contribution < 1.29 is 23.0 Å². The molecule has 0 radical (unpaired) electrons. The van der Waals surface area contributed by atoms with Gasteiger partial charge in [0, 0.05) is 37.3 Å². The summed E-state index contributed by atoms with van der Waals surface area (Å²) in [5, 5.41) is 6.62. The highest BCUT2D eigenvalue weighted by atomic mass is 19.3. The number of benzene rings is 1. The van der Waals surface area contributed by atoms with Crippen LogP contribution in [-0.2, 0) is 6.54 Å². The first kappa shape index (κ1) is 22.4. The molecule has 2 aliphatic rings. The van der Waals surface area contributed by atoms with Crippen LogP contribution in [0.3, 0.4) is 0 Å². The number of rotatable bonds is 8. The molecule has 9 heteroatoms. The van der Waals surface area contributed by atoms with E-state index in [1.165, 1.54) is 18.9 Å². The Morgan fingerprint density at radius 2 is 2.03 bits per heavy atom. The number of fused-ring (bicyclic) bond motifs is 1. The van der Waals surface area contributed by atoms with Gasteiger partial charge in [0.05, 0.1) is 6.54 Å². The number of likely N-dealkylation sites (tertiary alicyclic amines) is 1. The maximum absolute atomic E-state index is 12.8. The van der Waals surface area contributed by atoms with Crippen molar-refractivity contribution in [1.82, 2.24) is 15.5 Å². The standard InChI is InChI=1S/C21H32F2N4O3/c1-4-24-21(25-10-15-6-5-7-27(12-15)14(2)3)26-11-16-8-18-19(29-13-28-18)9-17(16)30-20(22)23/h8-9,14-15,20H,4-7,10-13H2,1-3H3,(H2,24,25,26). The molecule has 30 heavy (non-hydrogen) atoms. The number of aliphatic imine (C=N–C) groups is 1. The third-order valence-corrected chi connectivity index (χ3v) is 5.36. The molecule has 2 aliphatic heterocycles. The summed E-state index contributed by atoms with van der Waals surface area (Å²) in [6, 6.07) is 3.63. The highest BCUT2D eigenvalue weighted by molar-refractivity contribution is 5.79. The van der Waals surface area contributed by atoms with Crippen LogP contribution in [0.2, 0.25) is 0 Å². The molecule has 1 aromatic rings. The van der Waals surface area contributed by atoms with Gasteiger partial charge in [-0.25, -0.2) is 4.99 Å². The van der Waals surface area contributed by atoms with Crippen molar-refractivity contribution in [3.05, 3.63) is 17.7 Å². The second kappa shape index (κ2) is 10.7. The van der Waals surface area contributed by atoms with E-state index in [1.807, 2.05) is 6.92 Å². The van der Waals surface area contributed by atoms with Crippen LogP contribution >= 0.6 is 0 Å². The van der Waals surface area contributed by atoms with Gasteiger partial charge in [0.15, 0.2) is 17.5 Å². The Hall–Kier alpha value is -2.29. The van der Waals surface area contributed by atoms with E-state index in [0.29, 0.717) is 41.5 Å². The summed E-state index contributed by atoms with van der Waals surface area (Å²) in [4.78, 5) is 7.08. The second-order valence-corrected chi connectivity index (χ2v) is 7.86. The van der Waals surface area contributed by atoms with Gasteiger partial charge in [0.1, 0.15) is 5.75 Å². The van der Waals surface area contributed by atoms with Crippen LogP contribution in [0.5, 0.6) is 17.2 Å². The molecule has 0 spiro atoms. The van der Waals surface area contributed by atoms with Crippen molar-refractivity contribution in [2.75, 3.05) is 33.0 Å². The van der Waals surface area contributed by atoms with E-state index >= 15 is 0 Å². The number of ether oxygens (including phenoxy) is 3. The molecule has 1 unspecified atom stereocenters. The van der Waals surface area contributed by atoms with Crippen LogP contribution in [0.15, 0.2) is 17.1 Å². The minimum absolute atomic E-state index is 0.0497. The van der Waals surface area contributed by atoms with Crippen LogP contribution < -0.4 is 24.8 Å². The molecule has 0 bridgehead atoms. The zero-order valence-corrected chi connectivity index (χ0v) is 17.9. The fourth-order valence-corrected chi connectivity index (χ4v) is 3.77. The van der Waals surface area contributed by atoms with Crippen molar-refractivity contribution in [3.63, 3.8) is 0 Å². The Morgan fingerprint density at radius 1 is 1.27 bits per heavy atom. The maximum atomic E-state index is 12.8. The molecule has 168 valence electrons. The normalized spacial score (nSPS) is 19.4. The van der Waals surface area contributed by atoms with Crippen molar-refractivity contribution in [2.24, 2.45) is 10.9 Å². The molecular weight excluding hydrogens is 394 g/mol. The lowest BCUT2D eigenvalue weighted by Crippen LogP contribution is -2.46. The number of nitrogens with zero attached hydrogens (tertiary/aromatic N) is 2. The molecule has 1 atom stereocenters. The van der Waals surface area contributed by atoms with E-state index in [1.54, 1.807) is 6.07 Å². The number of halogens is 2. The molecule has 0 aliphatic carbocycles. The van der Waals surface area contributed by atoms with Crippen LogP contribution in [0.1, 0.15) is 39.2 Å². The van der Waals surface area contributed by atoms with Gasteiger partial charge in [-0.1, -0.05) is 0 Å². The summed E-state index contributed by atoms with van der Waals surface area (Å²) in [7, 11) is 0. The number of hydrogen-bond acceptors (Lipinski definition) is 5. The van der Waals surface area contributed by atoms with Crippen molar-refractivity contribution >= 4 is 5.96 Å². The average Bonchev–Trinajstić information content (AvgIpc) is 3.17. The van der Waals surface area contributed by atoms with Crippen LogP contribution in [-0.4, -0.2) is 56.5 Å². The fourth-order valence-electron chi connectivity index (χ4n) is 3.77. The van der Waals surface area contributed by atoms with Gasteiger partial charge >= 0.3 is 6.61 Å². The fraction of sp³-hybridized carbons (Fsp3) is 0.667. The molecule has 0 aromatic heterocycles. The second-order valence-electron chi connectivity index (χ2n) is 7.86. The monoisotopic (exact) mass is 426 g/mol. The van der Waals surface area contributed by atoms with Gasteiger partial charge in [0.25, 0.3) is 0 Å². The molecule has 3 rings (SSSR count). The minimum Gasteiger partial charge on any atom is -0.454 e. The average molecular weight is 427 g/mol. The number of hydrogen-bond donors (Lipinski definition) is 2. The van der Waals surface area contributed by atoms with E-state index < -0.39 is 6.61 Å². The Morgan fingerprint density at radius 3 is 2.73 bits per heavy atom. The Balaban J connectivity index is 1.65. The summed E-state index contributed by atoms with van der Waals surface area (Å²) >= 11 is 0. The van der Waals surface area contributed by atoms with Crippen LogP contribution in [0, 0.1) is 5.92 Å². The van der Waals surface area contributed by atoms with Crippen LogP contribution in [0.25, 0.3) is 0 Å². The molecule has 1 fully saturated rings. The van der Waals surface area contributed by atoms with Gasteiger partial charge in [-0.2, -0.15) is 8.78 Å².